The summed E-state index contributed by atoms with van der Waals surface area (Å²) < 4.78 is 25.7. The first-order valence-electron chi connectivity index (χ1n) is 10.9. The first-order chi connectivity index (χ1) is 14.8. The molecule has 31 heavy (non-hydrogen) atoms. The molecule has 3 heterocycles. The Kier molecular flexibility index (Phi) is 6.34. The quantitative estimate of drug-likeness (QED) is 0.721. The van der Waals surface area contributed by atoms with Gasteiger partial charge < -0.3 is 10.2 Å². The Morgan fingerprint density at radius 1 is 1.13 bits per heavy atom. The van der Waals surface area contributed by atoms with E-state index in [0.717, 1.165) is 48.8 Å². The zero-order valence-electron chi connectivity index (χ0n) is 18.2. The van der Waals surface area contributed by atoms with Crippen LogP contribution in [0.15, 0.2) is 30.3 Å². The van der Waals surface area contributed by atoms with Crippen LogP contribution in [0, 0.1) is 13.8 Å². The molecule has 9 heteroatoms. The number of amides is 1. The molecule has 1 aromatic carbocycles. The predicted octanol–water partition coefficient (Wildman–Crippen LogP) is 1.30. The molecule has 2 fully saturated rings. The maximum absolute atomic E-state index is 12.3. The van der Waals surface area contributed by atoms with E-state index in [4.69, 9.17) is 0 Å². The number of aromatic nitrogens is 2. The fraction of sp³-hybridized carbons (Fsp3) is 0.545. The molecule has 0 radical (unpaired) electrons. The van der Waals surface area contributed by atoms with E-state index in [2.05, 4.69) is 20.2 Å². The maximum Gasteiger partial charge on any atom is 0.234 e. The van der Waals surface area contributed by atoms with Crippen LogP contribution in [0.5, 0.6) is 0 Å². The van der Waals surface area contributed by atoms with Gasteiger partial charge in [-0.15, -0.1) is 0 Å². The molecule has 1 atom stereocenters. The third kappa shape index (κ3) is 5.10. The minimum atomic E-state index is -2.95. The second-order valence-corrected chi connectivity index (χ2v) is 10.8. The minimum absolute atomic E-state index is 0.0416. The molecule has 8 nitrogen and oxygen atoms in total. The highest BCUT2D eigenvalue weighted by molar-refractivity contribution is 7.91. The smallest absolute Gasteiger partial charge is 0.234 e. The number of hydrogen-bond donors (Lipinski definition) is 1. The number of carbonyl (C=O) groups is 1. The van der Waals surface area contributed by atoms with Crippen LogP contribution in [-0.4, -0.2) is 73.2 Å². The molecule has 0 saturated carbocycles. The van der Waals surface area contributed by atoms with Gasteiger partial charge in [0.25, 0.3) is 0 Å². The van der Waals surface area contributed by atoms with Crippen LogP contribution in [0.2, 0.25) is 0 Å². The SMILES string of the molecule is Cc1nn([C@@H]2CCS(=O)(=O)C2)c(C)c1N1CCN(CC(=O)NCc2ccccc2)CC1. The van der Waals surface area contributed by atoms with E-state index in [0.29, 0.717) is 19.5 Å². The van der Waals surface area contributed by atoms with Crippen molar-refractivity contribution in [3.8, 4) is 0 Å². The van der Waals surface area contributed by atoms with Crippen molar-refractivity contribution in [1.82, 2.24) is 20.0 Å². The summed E-state index contributed by atoms with van der Waals surface area (Å²) in [5, 5.41) is 7.68. The number of sulfone groups is 1. The van der Waals surface area contributed by atoms with Gasteiger partial charge in [0.2, 0.25) is 5.91 Å². The number of anilines is 1. The van der Waals surface area contributed by atoms with Crippen LogP contribution in [0.25, 0.3) is 0 Å². The van der Waals surface area contributed by atoms with Crippen molar-refractivity contribution in [3.63, 3.8) is 0 Å². The molecule has 2 aliphatic heterocycles. The number of carbonyl (C=O) groups excluding carboxylic acids is 1. The van der Waals surface area contributed by atoms with Gasteiger partial charge in [-0.2, -0.15) is 5.10 Å². The lowest BCUT2D eigenvalue weighted by Gasteiger charge is -2.36. The highest BCUT2D eigenvalue weighted by Crippen LogP contribution is 2.31. The minimum Gasteiger partial charge on any atom is -0.366 e. The molecule has 2 aliphatic rings. The third-order valence-corrected chi connectivity index (χ3v) is 7.98. The average Bonchev–Trinajstić information content (AvgIpc) is 3.26. The molecule has 0 unspecified atom stereocenters. The Morgan fingerprint density at radius 3 is 2.48 bits per heavy atom. The summed E-state index contributed by atoms with van der Waals surface area (Å²) in [6, 6.07) is 9.85. The molecule has 2 saturated heterocycles. The second-order valence-electron chi connectivity index (χ2n) is 8.55. The predicted molar refractivity (Wildman–Crippen MR) is 121 cm³/mol. The van der Waals surface area contributed by atoms with Gasteiger partial charge in [0.1, 0.15) is 0 Å². The lowest BCUT2D eigenvalue weighted by atomic mass is 10.2. The summed E-state index contributed by atoms with van der Waals surface area (Å²) in [5.74, 6) is 0.469. The van der Waals surface area contributed by atoms with Crippen molar-refractivity contribution in [3.05, 3.63) is 47.3 Å². The largest absolute Gasteiger partial charge is 0.366 e. The fourth-order valence-corrected chi connectivity index (χ4v) is 6.31. The van der Waals surface area contributed by atoms with Crippen molar-refractivity contribution < 1.29 is 13.2 Å². The Bertz CT molecular complexity index is 1030. The van der Waals surface area contributed by atoms with Gasteiger partial charge in [0.15, 0.2) is 9.84 Å². The summed E-state index contributed by atoms with van der Waals surface area (Å²) in [4.78, 5) is 16.8. The third-order valence-electron chi connectivity index (χ3n) is 6.23. The molecule has 0 bridgehead atoms. The van der Waals surface area contributed by atoms with Crippen molar-refractivity contribution in [2.75, 3.05) is 49.1 Å². The zero-order valence-corrected chi connectivity index (χ0v) is 19.1. The molecule has 1 amide bonds. The molecule has 0 aliphatic carbocycles. The van der Waals surface area contributed by atoms with Crippen molar-refractivity contribution in [2.45, 2.75) is 32.9 Å². The van der Waals surface area contributed by atoms with E-state index in [1.807, 2.05) is 48.9 Å². The van der Waals surface area contributed by atoms with Gasteiger partial charge in [-0.1, -0.05) is 30.3 Å². The maximum atomic E-state index is 12.3. The number of hydrogen-bond acceptors (Lipinski definition) is 6. The lowest BCUT2D eigenvalue weighted by molar-refractivity contribution is -0.122. The Labute approximate surface area is 184 Å². The Hall–Kier alpha value is -2.39. The monoisotopic (exact) mass is 445 g/mol. The van der Waals surface area contributed by atoms with Crippen LogP contribution >= 0.6 is 0 Å². The molecular weight excluding hydrogens is 414 g/mol. The highest BCUT2D eigenvalue weighted by Gasteiger charge is 2.32. The second kappa shape index (κ2) is 9.00. The molecule has 168 valence electrons. The van der Waals surface area contributed by atoms with Gasteiger partial charge >= 0.3 is 0 Å². The molecular formula is C22H31N5O3S. The van der Waals surface area contributed by atoms with Crippen LogP contribution in [0.4, 0.5) is 5.69 Å². The van der Waals surface area contributed by atoms with E-state index >= 15 is 0 Å². The molecule has 4 rings (SSSR count). The van der Waals surface area contributed by atoms with E-state index in [9.17, 15) is 13.2 Å². The van der Waals surface area contributed by atoms with Gasteiger partial charge in [-0.05, 0) is 25.8 Å². The van der Waals surface area contributed by atoms with E-state index < -0.39 is 9.84 Å². The van der Waals surface area contributed by atoms with E-state index in [-0.39, 0.29) is 23.5 Å². The summed E-state index contributed by atoms with van der Waals surface area (Å²) in [6.07, 6.45) is 0.635. The van der Waals surface area contributed by atoms with Crippen molar-refractivity contribution >= 4 is 21.4 Å². The first kappa shape index (κ1) is 21.8. The van der Waals surface area contributed by atoms with Gasteiger partial charge in [0.05, 0.1) is 41.2 Å². The zero-order chi connectivity index (χ0) is 22.0. The van der Waals surface area contributed by atoms with Crippen LogP contribution in [-0.2, 0) is 21.2 Å². The number of rotatable bonds is 6. The Balaban J connectivity index is 1.31. The standard InChI is InChI=1S/C22H31N5O3S/c1-17-22(18(2)27(24-17)20-8-13-31(29,30)16-20)26-11-9-25(10-12-26)15-21(28)23-14-19-6-4-3-5-7-19/h3-7,20H,8-16H2,1-2H3,(H,23,28)/t20-/m1/s1. The molecule has 2 aromatic rings. The number of nitrogens with zero attached hydrogens (tertiary/aromatic N) is 4. The van der Waals surface area contributed by atoms with Crippen LogP contribution in [0.3, 0.4) is 0 Å². The van der Waals surface area contributed by atoms with Gasteiger partial charge in [-0.3, -0.25) is 14.4 Å². The number of piperazine rings is 1. The summed E-state index contributed by atoms with van der Waals surface area (Å²) >= 11 is 0. The highest BCUT2D eigenvalue weighted by atomic mass is 32.2. The number of benzene rings is 1. The summed E-state index contributed by atoms with van der Waals surface area (Å²) in [6.45, 7) is 8.23. The van der Waals surface area contributed by atoms with E-state index in [1.54, 1.807) is 0 Å². The molecule has 1 aromatic heterocycles. The van der Waals surface area contributed by atoms with Crippen molar-refractivity contribution in [2.24, 2.45) is 0 Å². The lowest BCUT2D eigenvalue weighted by Crippen LogP contribution is -2.49. The summed E-state index contributed by atoms with van der Waals surface area (Å²) in [5.41, 5.74) is 4.18. The average molecular weight is 446 g/mol. The van der Waals surface area contributed by atoms with Crippen LogP contribution in [0.1, 0.15) is 29.4 Å². The fourth-order valence-electron chi connectivity index (χ4n) is 4.62. The first-order valence-corrected chi connectivity index (χ1v) is 12.7. The Morgan fingerprint density at radius 2 is 1.84 bits per heavy atom. The van der Waals surface area contributed by atoms with E-state index in [1.165, 1.54) is 0 Å². The topological polar surface area (TPSA) is 87.5 Å². The van der Waals surface area contributed by atoms with Crippen LogP contribution < -0.4 is 10.2 Å². The number of nitrogens with one attached hydrogen (secondary N) is 1. The molecule has 0 spiro atoms. The molecule has 1 N–H and O–H groups in total. The van der Waals surface area contributed by atoms with Gasteiger partial charge in [-0.25, -0.2) is 8.42 Å². The number of aryl methyl sites for hydroxylation is 1. The van der Waals surface area contributed by atoms with Gasteiger partial charge in [0, 0.05) is 32.7 Å². The normalized spacial score (nSPS) is 21.4. The van der Waals surface area contributed by atoms with Crippen molar-refractivity contribution in [1.29, 1.82) is 0 Å². The summed E-state index contributed by atoms with van der Waals surface area (Å²) in [7, 11) is -2.95.